The molecule has 0 unspecified atom stereocenters. The van der Waals surface area contributed by atoms with Gasteiger partial charge >= 0.3 is 6.18 Å². The Morgan fingerprint density at radius 2 is 1.71 bits per heavy atom. The van der Waals surface area contributed by atoms with Crippen LogP contribution in [0.1, 0.15) is 16.1 Å². The summed E-state index contributed by atoms with van der Waals surface area (Å²) in [6, 6.07) is 8.42. The van der Waals surface area contributed by atoms with Crippen molar-refractivity contribution in [2.24, 2.45) is 0 Å². The molecule has 3 aromatic rings. The molecular formula is C18H11F5N4O. The number of alkyl halides is 3. The van der Waals surface area contributed by atoms with Crippen LogP contribution in [-0.2, 0) is 6.18 Å². The number of halogens is 5. The topological polar surface area (TPSA) is 66.9 Å². The van der Waals surface area contributed by atoms with Crippen LogP contribution in [0.5, 0.6) is 0 Å². The Hall–Kier alpha value is -3.56. The summed E-state index contributed by atoms with van der Waals surface area (Å²) >= 11 is 0. The van der Waals surface area contributed by atoms with Crippen LogP contribution in [0, 0.1) is 11.6 Å². The normalized spacial score (nSPS) is 11.2. The first-order chi connectivity index (χ1) is 13.2. The highest BCUT2D eigenvalue weighted by Crippen LogP contribution is 2.30. The number of aromatic nitrogens is 2. The predicted octanol–water partition coefficient (Wildman–Crippen LogP) is 4.77. The van der Waals surface area contributed by atoms with Crippen molar-refractivity contribution in [2.45, 2.75) is 6.18 Å². The molecule has 2 aromatic carbocycles. The first-order valence-corrected chi connectivity index (χ1v) is 7.76. The summed E-state index contributed by atoms with van der Waals surface area (Å²) in [5.74, 6) is -2.96. The quantitative estimate of drug-likeness (QED) is 0.626. The Bertz CT molecular complexity index is 1020. The zero-order valence-electron chi connectivity index (χ0n) is 13.9. The third kappa shape index (κ3) is 4.58. The number of hydrogen-bond donors (Lipinski definition) is 2. The van der Waals surface area contributed by atoms with Gasteiger partial charge in [-0.05, 0) is 36.4 Å². The van der Waals surface area contributed by atoms with Crippen molar-refractivity contribution < 1.29 is 26.7 Å². The van der Waals surface area contributed by atoms with E-state index in [-0.39, 0.29) is 23.0 Å². The van der Waals surface area contributed by atoms with Gasteiger partial charge in [-0.1, -0.05) is 6.07 Å². The average Bonchev–Trinajstić information content (AvgIpc) is 2.64. The van der Waals surface area contributed by atoms with Crippen LogP contribution in [0.15, 0.2) is 54.7 Å². The lowest BCUT2D eigenvalue weighted by molar-refractivity contribution is -0.137. The number of anilines is 3. The summed E-state index contributed by atoms with van der Waals surface area (Å²) < 4.78 is 64.5. The van der Waals surface area contributed by atoms with Crippen molar-refractivity contribution >= 4 is 23.2 Å². The van der Waals surface area contributed by atoms with Crippen molar-refractivity contribution in [3.8, 4) is 0 Å². The van der Waals surface area contributed by atoms with Gasteiger partial charge in [0.25, 0.3) is 5.91 Å². The first kappa shape index (κ1) is 19.2. The van der Waals surface area contributed by atoms with Gasteiger partial charge in [0.15, 0.2) is 11.6 Å². The van der Waals surface area contributed by atoms with E-state index < -0.39 is 29.3 Å². The molecule has 0 fully saturated rings. The van der Waals surface area contributed by atoms with E-state index in [4.69, 9.17) is 0 Å². The van der Waals surface area contributed by atoms with E-state index >= 15 is 0 Å². The van der Waals surface area contributed by atoms with E-state index in [0.717, 1.165) is 30.3 Å². The molecule has 0 radical (unpaired) electrons. The minimum Gasteiger partial charge on any atom is -0.324 e. The Morgan fingerprint density at radius 1 is 0.929 bits per heavy atom. The molecule has 1 amide bonds. The molecule has 144 valence electrons. The number of carbonyl (C=O) groups excluding carboxylic acids is 1. The molecule has 3 rings (SSSR count). The fraction of sp³-hybridized carbons (Fsp3) is 0.0556. The number of amides is 1. The minimum absolute atomic E-state index is 0.0615. The molecule has 2 N–H and O–H groups in total. The van der Waals surface area contributed by atoms with Gasteiger partial charge in [0.05, 0.1) is 5.56 Å². The van der Waals surface area contributed by atoms with E-state index in [1.54, 1.807) is 0 Å². The number of nitrogens with one attached hydrogen (secondary N) is 2. The molecule has 1 heterocycles. The zero-order valence-corrected chi connectivity index (χ0v) is 13.9. The molecule has 0 bridgehead atoms. The second-order valence-corrected chi connectivity index (χ2v) is 5.55. The maximum atomic E-state index is 13.2. The Labute approximate surface area is 155 Å². The molecule has 0 atom stereocenters. The van der Waals surface area contributed by atoms with E-state index in [9.17, 15) is 26.7 Å². The lowest BCUT2D eigenvalue weighted by atomic mass is 10.2. The van der Waals surface area contributed by atoms with Gasteiger partial charge in [0.1, 0.15) is 5.69 Å². The summed E-state index contributed by atoms with van der Waals surface area (Å²) in [5.41, 5.74) is -0.964. The number of nitrogens with zero attached hydrogens (tertiary/aromatic N) is 2. The van der Waals surface area contributed by atoms with Crippen molar-refractivity contribution in [3.05, 3.63) is 77.6 Å². The third-order valence-corrected chi connectivity index (χ3v) is 3.51. The molecule has 0 saturated carbocycles. The second kappa shape index (κ2) is 7.59. The standard InChI is InChI=1S/C18H11F5N4O/c19-13-5-4-12(9-14(13)20)26-17-24-7-6-15(27-17)16(28)25-11-3-1-2-10(8-11)18(21,22)23/h1-9H,(H,25,28)(H,24,26,27). The summed E-state index contributed by atoms with van der Waals surface area (Å²) in [5, 5.41) is 4.91. The summed E-state index contributed by atoms with van der Waals surface area (Å²) in [7, 11) is 0. The number of hydrogen-bond acceptors (Lipinski definition) is 4. The molecule has 1 aromatic heterocycles. The molecule has 0 aliphatic carbocycles. The van der Waals surface area contributed by atoms with Crippen LogP contribution in [0.2, 0.25) is 0 Å². The van der Waals surface area contributed by atoms with Crippen molar-refractivity contribution in [1.29, 1.82) is 0 Å². The molecule has 10 heteroatoms. The molecule has 0 aliphatic heterocycles. The van der Waals surface area contributed by atoms with Gasteiger partial charge in [-0.25, -0.2) is 18.7 Å². The fourth-order valence-corrected chi connectivity index (χ4v) is 2.22. The Kier molecular flexibility index (Phi) is 5.21. The SMILES string of the molecule is O=C(Nc1cccc(C(F)(F)F)c1)c1ccnc(Nc2ccc(F)c(F)c2)n1. The monoisotopic (exact) mass is 394 g/mol. The van der Waals surface area contributed by atoms with Crippen molar-refractivity contribution in [3.63, 3.8) is 0 Å². The van der Waals surface area contributed by atoms with E-state index in [1.807, 2.05) is 0 Å². The maximum Gasteiger partial charge on any atom is 0.416 e. The smallest absolute Gasteiger partial charge is 0.324 e. The van der Waals surface area contributed by atoms with Gasteiger partial charge in [-0.15, -0.1) is 0 Å². The largest absolute Gasteiger partial charge is 0.416 e. The third-order valence-electron chi connectivity index (χ3n) is 3.51. The van der Waals surface area contributed by atoms with Gasteiger partial charge in [-0.3, -0.25) is 4.79 Å². The number of carbonyl (C=O) groups is 1. The van der Waals surface area contributed by atoms with E-state index in [2.05, 4.69) is 20.6 Å². The Morgan fingerprint density at radius 3 is 2.43 bits per heavy atom. The highest BCUT2D eigenvalue weighted by atomic mass is 19.4. The predicted molar refractivity (Wildman–Crippen MR) is 91.1 cm³/mol. The van der Waals surface area contributed by atoms with Crippen LogP contribution < -0.4 is 10.6 Å². The van der Waals surface area contributed by atoms with Crippen LogP contribution in [0.25, 0.3) is 0 Å². The number of benzene rings is 2. The van der Waals surface area contributed by atoms with Crippen LogP contribution in [0.3, 0.4) is 0 Å². The van der Waals surface area contributed by atoms with E-state index in [1.165, 1.54) is 24.4 Å². The van der Waals surface area contributed by atoms with Crippen LogP contribution in [0.4, 0.5) is 39.3 Å². The fourth-order valence-electron chi connectivity index (χ4n) is 2.22. The second-order valence-electron chi connectivity index (χ2n) is 5.55. The van der Waals surface area contributed by atoms with Gasteiger partial charge in [0, 0.05) is 23.6 Å². The summed E-state index contributed by atoms with van der Waals surface area (Å²) in [6.45, 7) is 0. The minimum atomic E-state index is -4.54. The van der Waals surface area contributed by atoms with Crippen LogP contribution >= 0.6 is 0 Å². The molecule has 0 aliphatic rings. The average molecular weight is 394 g/mol. The van der Waals surface area contributed by atoms with E-state index in [0.29, 0.717) is 0 Å². The highest BCUT2D eigenvalue weighted by Gasteiger charge is 2.30. The van der Waals surface area contributed by atoms with Crippen molar-refractivity contribution in [2.75, 3.05) is 10.6 Å². The lowest BCUT2D eigenvalue weighted by Crippen LogP contribution is -2.15. The zero-order chi connectivity index (χ0) is 20.3. The van der Waals surface area contributed by atoms with Crippen molar-refractivity contribution in [1.82, 2.24) is 9.97 Å². The molecular weight excluding hydrogens is 383 g/mol. The molecule has 0 saturated heterocycles. The highest BCUT2D eigenvalue weighted by molar-refractivity contribution is 6.03. The molecule has 0 spiro atoms. The summed E-state index contributed by atoms with van der Waals surface area (Å²) in [4.78, 5) is 20.0. The van der Waals surface area contributed by atoms with Gasteiger partial charge in [0.2, 0.25) is 5.95 Å². The van der Waals surface area contributed by atoms with Crippen LogP contribution in [-0.4, -0.2) is 15.9 Å². The summed E-state index contributed by atoms with van der Waals surface area (Å²) in [6.07, 6.45) is -3.31. The van der Waals surface area contributed by atoms with Gasteiger partial charge in [-0.2, -0.15) is 13.2 Å². The Balaban J connectivity index is 1.76. The molecule has 28 heavy (non-hydrogen) atoms. The lowest BCUT2D eigenvalue weighted by Gasteiger charge is -2.10. The van der Waals surface area contributed by atoms with Gasteiger partial charge < -0.3 is 10.6 Å². The maximum absolute atomic E-state index is 13.2. The first-order valence-electron chi connectivity index (χ1n) is 7.76. The number of rotatable bonds is 4. The molecule has 5 nitrogen and oxygen atoms in total.